The van der Waals surface area contributed by atoms with Crippen molar-refractivity contribution in [2.24, 2.45) is 0 Å². The Balaban J connectivity index is 1.72. The number of halogens is 1. The number of benzene rings is 2. The van der Waals surface area contributed by atoms with Gasteiger partial charge in [0.2, 0.25) is 0 Å². The lowest BCUT2D eigenvalue weighted by Gasteiger charge is -2.23. The van der Waals surface area contributed by atoms with Gasteiger partial charge in [-0.15, -0.1) is 0 Å². The van der Waals surface area contributed by atoms with Crippen LogP contribution in [0.1, 0.15) is 12.5 Å². The number of hydrogen-bond acceptors (Lipinski definition) is 7. The van der Waals surface area contributed by atoms with Crippen molar-refractivity contribution in [3.63, 3.8) is 0 Å². The Hall–Kier alpha value is -4.41. The quantitative estimate of drug-likeness (QED) is 0.450. The van der Waals surface area contributed by atoms with Gasteiger partial charge in [-0.2, -0.15) is 0 Å². The molecule has 11 heteroatoms. The maximum Gasteiger partial charge on any atom is 0.344 e. The Morgan fingerprint density at radius 3 is 2.41 bits per heavy atom. The molecule has 178 valence electrons. The van der Waals surface area contributed by atoms with Crippen LogP contribution in [0, 0.1) is 5.82 Å². The van der Waals surface area contributed by atoms with Crippen LogP contribution < -0.4 is 26.6 Å². The first-order chi connectivity index (χ1) is 16.3. The van der Waals surface area contributed by atoms with Gasteiger partial charge in [0, 0.05) is 6.54 Å². The van der Waals surface area contributed by atoms with Crippen molar-refractivity contribution in [2.75, 3.05) is 30.4 Å². The van der Waals surface area contributed by atoms with E-state index in [-0.39, 0.29) is 30.3 Å². The summed E-state index contributed by atoms with van der Waals surface area (Å²) in [6.45, 7) is 0.337. The largest absolute Gasteiger partial charge is 0.479 e. The van der Waals surface area contributed by atoms with Gasteiger partial charge in [-0.05, 0) is 24.6 Å². The molecule has 0 atom stereocenters. The summed E-state index contributed by atoms with van der Waals surface area (Å²) in [5.74, 6) is -2.65. The molecule has 0 saturated carbocycles. The van der Waals surface area contributed by atoms with Gasteiger partial charge in [0.1, 0.15) is 5.82 Å². The van der Waals surface area contributed by atoms with Crippen LogP contribution in [-0.4, -0.2) is 41.2 Å². The zero-order valence-electron chi connectivity index (χ0n) is 18.3. The van der Waals surface area contributed by atoms with Crippen molar-refractivity contribution in [3.8, 4) is 5.75 Å². The van der Waals surface area contributed by atoms with Gasteiger partial charge in [-0.1, -0.05) is 42.5 Å². The lowest BCUT2D eigenvalue weighted by atomic mass is 10.2. The number of nitrogens with two attached hydrogens (primary N) is 1. The second-order valence-electron chi connectivity index (χ2n) is 7.08. The van der Waals surface area contributed by atoms with E-state index in [9.17, 15) is 23.6 Å². The van der Waals surface area contributed by atoms with Crippen LogP contribution in [0.2, 0.25) is 0 Å². The molecule has 0 fully saturated rings. The molecule has 3 N–H and O–H groups in total. The number of amides is 1. The van der Waals surface area contributed by atoms with Crippen molar-refractivity contribution in [1.29, 1.82) is 0 Å². The van der Waals surface area contributed by atoms with Crippen LogP contribution in [0.25, 0.3) is 0 Å². The normalized spacial score (nSPS) is 10.5. The monoisotopic (exact) mass is 470 g/mol. The number of nitrogens with one attached hydrogen (secondary N) is 1. The molecule has 0 aliphatic carbocycles. The van der Waals surface area contributed by atoms with Crippen molar-refractivity contribution >= 4 is 23.4 Å². The summed E-state index contributed by atoms with van der Waals surface area (Å²) in [5.41, 5.74) is 5.06. The number of para-hydroxylation sites is 1. The zero-order valence-corrected chi connectivity index (χ0v) is 18.3. The number of nitrogens with zero attached hydrogens (tertiary/aromatic N) is 2. The number of aromatic amines is 1. The van der Waals surface area contributed by atoms with Crippen LogP contribution >= 0.6 is 0 Å². The zero-order chi connectivity index (χ0) is 24.7. The topological polar surface area (TPSA) is 137 Å². The molecule has 0 spiro atoms. The molecule has 34 heavy (non-hydrogen) atoms. The van der Waals surface area contributed by atoms with E-state index >= 15 is 0 Å². The van der Waals surface area contributed by atoms with Crippen molar-refractivity contribution in [1.82, 2.24) is 9.55 Å². The number of carbonyl (C=O) groups is 2. The van der Waals surface area contributed by atoms with E-state index in [4.69, 9.17) is 15.2 Å². The molecule has 1 heterocycles. The standard InChI is InChI=1S/C23H23FN4O6/c1-2-27(18(29)13-34-19(30)14-33-17-11-7-6-10-16(17)24)20-21(25)28(23(32)26-22(20)31)12-15-8-4-3-5-9-15/h3-11H,2,12-14,25H2,1H3,(H,26,31,32). The third-order valence-electron chi connectivity index (χ3n) is 4.82. The highest BCUT2D eigenvalue weighted by molar-refractivity contribution is 5.97. The fraction of sp³-hybridized carbons (Fsp3) is 0.217. The summed E-state index contributed by atoms with van der Waals surface area (Å²) < 4.78 is 24.6. The van der Waals surface area contributed by atoms with Gasteiger partial charge in [-0.25, -0.2) is 14.0 Å². The van der Waals surface area contributed by atoms with Crippen molar-refractivity contribution in [3.05, 3.63) is 86.8 Å². The fourth-order valence-corrected chi connectivity index (χ4v) is 3.18. The number of aromatic nitrogens is 2. The minimum absolute atomic E-state index is 0.0128. The average Bonchev–Trinajstić information content (AvgIpc) is 2.83. The summed E-state index contributed by atoms with van der Waals surface area (Å²) >= 11 is 0. The Bertz CT molecular complexity index is 1290. The molecule has 0 unspecified atom stereocenters. The number of nitrogen functional groups attached to an aromatic ring is 1. The second-order valence-corrected chi connectivity index (χ2v) is 7.08. The minimum atomic E-state index is -0.913. The third-order valence-corrected chi connectivity index (χ3v) is 4.82. The number of ether oxygens (including phenoxy) is 2. The van der Waals surface area contributed by atoms with E-state index in [1.54, 1.807) is 31.2 Å². The first kappa shape index (κ1) is 24.2. The second kappa shape index (κ2) is 10.9. The number of carbonyl (C=O) groups excluding carboxylic acids is 2. The van der Waals surface area contributed by atoms with Gasteiger partial charge in [0.15, 0.2) is 30.5 Å². The Labute approximate surface area is 193 Å². The molecular weight excluding hydrogens is 447 g/mol. The molecule has 1 amide bonds. The van der Waals surface area contributed by atoms with E-state index < -0.39 is 42.2 Å². The van der Waals surface area contributed by atoms with Crippen LogP contribution in [0.3, 0.4) is 0 Å². The minimum Gasteiger partial charge on any atom is -0.479 e. The predicted molar refractivity (Wildman–Crippen MR) is 122 cm³/mol. The van der Waals surface area contributed by atoms with Crippen molar-refractivity contribution in [2.45, 2.75) is 13.5 Å². The number of H-pyrrole nitrogens is 1. The van der Waals surface area contributed by atoms with Gasteiger partial charge < -0.3 is 20.1 Å². The lowest BCUT2D eigenvalue weighted by molar-refractivity contribution is -0.149. The summed E-state index contributed by atoms with van der Waals surface area (Å²) in [4.78, 5) is 52.7. The van der Waals surface area contributed by atoms with E-state index in [0.29, 0.717) is 0 Å². The predicted octanol–water partition coefficient (Wildman–Crippen LogP) is 1.28. The number of esters is 1. The Morgan fingerprint density at radius 2 is 1.74 bits per heavy atom. The summed E-state index contributed by atoms with van der Waals surface area (Å²) in [7, 11) is 0. The number of hydrogen-bond donors (Lipinski definition) is 2. The first-order valence-corrected chi connectivity index (χ1v) is 10.3. The highest BCUT2D eigenvalue weighted by Gasteiger charge is 2.24. The molecule has 0 radical (unpaired) electrons. The highest BCUT2D eigenvalue weighted by Crippen LogP contribution is 2.18. The van der Waals surface area contributed by atoms with Crippen LogP contribution in [0.4, 0.5) is 15.9 Å². The van der Waals surface area contributed by atoms with Crippen LogP contribution in [0.15, 0.2) is 64.2 Å². The van der Waals surface area contributed by atoms with Gasteiger partial charge in [0.05, 0.1) is 6.54 Å². The van der Waals surface area contributed by atoms with E-state index in [0.717, 1.165) is 15.0 Å². The molecule has 3 rings (SSSR count). The number of likely N-dealkylation sites (N-methyl/N-ethyl adjacent to an activating group) is 1. The molecule has 2 aromatic carbocycles. The fourth-order valence-electron chi connectivity index (χ4n) is 3.18. The third kappa shape index (κ3) is 5.68. The van der Waals surface area contributed by atoms with Gasteiger partial charge in [0.25, 0.3) is 11.5 Å². The molecule has 1 aromatic heterocycles. The molecule has 10 nitrogen and oxygen atoms in total. The maximum atomic E-state index is 13.6. The summed E-state index contributed by atoms with van der Waals surface area (Å²) in [6, 6.07) is 14.5. The molecule has 3 aromatic rings. The van der Waals surface area contributed by atoms with E-state index in [1.807, 2.05) is 6.07 Å². The molecule has 0 aliphatic rings. The summed E-state index contributed by atoms with van der Waals surface area (Å²) in [5, 5.41) is 0. The molecule has 0 aliphatic heterocycles. The average molecular weight is 470 g/mol. The van der Waals surface area contributed by atoms with Crippen LogP contribution in [-0.2, 0) is 20.9 Å². The number of anilines is 2. The Kier molecular flexibility index (Phi) is 7.80. The van der Waals surface area contributed by atoms with Gasteiger partial charge >= 0.3 is 11.7 Å². The number of rotatable bonds is 9. The van der Waals surface area contributed by atoms with Crippen molar-refractivity contribution < 1.29 is 23.5 Å². The van der Waals surface area contributed by atoms with E-state index in [1.165, 1.54) is 24.3 Å². The Morgan fingerprint density at radius 1 is 1.06 bits per heavy atom. The highest BCUT2D eigenvalue weighted by atomic mass is 19.1. The first-order valence-electron chi connectivity index (χ1n) is 10.3. The maximum absolute atomic E-state index is 13.6. The summed E-state index contributed by atoms with van der Waals surface area (Å²) in [6.07, 6.45) is 0. The van der Waals surface area contributed by atoms with Gasteiger partial charge in [-0.3, -0.25) is 19.1 Å². The van der Waals surface area contributed by atoms with E-state index in [2.05, 4.69) is 4.98 Å². The lowest BCUT2D eigenvalue weighted by Crippen LogP contribution is -2.42. The molecular formula is C23H23FN4O6. The SMILES string of the molecule is CCN(C(=O)COC(=O)COc1ccccc1F)c1c(N)n(Cc2ccccc2)c(=O)[nH]c1=O. The smallest absolute Gasteiger partial charge is 0.344 e. The van der Waals surface area contributed by atoms with Crippen LogP contribution in [0.5, 0.6) is 5.75 Å². The molecule has 0 bridgehead atoms. The molecule has 0 saturated heterocycles.